The van der Waals surface area contributed by atoms with E-state index in [1.54, 1.807) is 6.92 Å². The molecule has 0 aliphatic heterocycles. The number of hydrogen-bond donors (Lipinski definition) is 3. The second-order valence-corrected chi connectivity index (χ2v) is 7.53. The first-order valence-corrected chi connectivity index (χ1v) is 7.50. The number of nitrogens with one attached hydrogen (secondary N) is 1. The number of halogens is 1. The van der Waals surface area contributed by atoms with Crippen molar-refractivity contribution in [2.75, 3.05) is 13.2 Å². The molecule has 0 fully saturated rings. The highest BCUT2D eigenvalue weighted by Gasteiger charge is 2.20. The third kappa shape index (κ3) is 3.51. The van der Waals surface area contributed by atoms with Gasteiger partial charge in [-0.05, 0) is 28.9 Å². The van der Waals surface area contributed by atoms with Crippen LogP contribution < -0.4 is 4.72 Å². The van der Waals surface area contributed by atoms with Gasteiger partial charge in [0, 0.05) is 11.4 Å². The zero-order chi connectivity index (χ0) is 12.3. The molecule has 1 heterocycles. The minimum Gasteiger partial charge on any atom is -0.394 e. The zero-order valence-electron chi connectivity index (χ0n) is 8.47. The van der Waals surface area contributed by atoms with Gasteiger partial charge in [0.1, 0.15) is 0 Å². The molecule has 0 radical (unpaired) electrons. The number of hydrogen-bond acceptors (Lipinski definition) is 5. The van der Waals surface area contributed by atoms with E-state index >= 15 is 0 Å². The Morgan fingerprint density at radius 2 is 2.25 bits per heavy atom. The van der Waals surface area contributed by atoms with Crippen LogP contribution in [0.5, 0.6) is 0 Å². The predicted molar refractivity (Wildman–Crippen MR) is 65.0 cm³/mol. The Kier molecular flexibility index (Phi) is 4.89. The summed E-state index contributed by atoms with van der Waals surface area (Å²) in [5, 5.41) is 17.6. The predicted octanol–water partition coefficient (Wildman–Crippen LogP) is 0.451. The van der Waals surface area contributed by atoms with Crippen molar-refractivity contribution in [3.8, 4) is 0 Å². The largest absolute Gasteiger partial charge is 0.394 e. The fourth-order valence-electron chi connectivity index (χ4n) is 1.05. The molecule has 1 unspecified atom stereocenters. The van der Waals surface area contributed by atoms with Gasteiger partial charge in [-0.2, -0.15) is 0 Å². The Morgan fingerprint density at radius 1 is 1.62 bits per heavy atom. The molecule has 0 saturated heterocycles. The van der Waals surface area contributed by atoms with Crippen LogP contribution in [-0.2, 0) is 10.0 Å². The van der Waals surface area contributed by atoms with Crippen LogP contribution in [0.25, 0.3) is 0 Å². The molecule has 0 aliphatic carbocycles. The van der Waals surface area contributed by atoms with Gasteiger partial charge in [0.25, 0.3) is 0 Å². The molecule has 0 saturated carbocycles. The van der Waals surface area contributed by atoms with E-state index in [4.69, 9.17) is 10.2 Å². The monoisotopic (exact) mass is 329 g/mol. The lowest BCUT2D eigenvalue weighted by atomic mass is 10.4. The lowest BCUT2D eigenvalue weighted by Crippen LogP contribution is -2.33. The fourth-order valence-corrected chi connectivity index (χ4v) is 4.53. The van der Waals surface area contributed by atoms with E-state index < -0.39 is 22.7 Å². The van der Waals surface area contributed by atoms with Gasteiger partial charge in [-0.15, -0.1) is 11.3 Å². The molecular weight excluding hydrogens is 318 g/mol. The molecular formula is C8H12BrNO4S2. The van der Waals surface area contributed by atoms with Gasteiger partial charge in [0.05, 0.1) is 21.4 Å². The minimum absolute atomic E-state index is 0.189. The van der Waals surface area contributed by atoms with Crippen LogP contribution in [0.3, 0.4) is 0 Å². The van der Waals surface area contributed by atoms with E-state index in [1.807, 2.05) is 0 Å². The highest BCUT2D eigenvalue weighted by atomic mass is 79.9. The molecule has 1 aromatic heterocycles. The molecule has 92 valence electrons. The van der Waals surface area contributed by atoms with Crippen LogP contribution in [-0.4, -0.2) is 37.9 Å². The number of thiophene rings is 1. The van der Waals surface area contributed by atoms with Gasteiger partial charge in [0.2, 0.25) is 10.0 Å². The SMILES string of the molecule is Cc1sc(Br)cc1S(=O)(=O)NCC(O)CO. The Hall–Kier alpha value is 0.01000. The van der Waals surface area contributed by atoms with E-state index in [1.165, 1.54) is 17.4 Å². The van der Waals surface area contributed by atoms with Crippen molar-refractivity contribution in [3.63, 3.8) is 0 Å². The van der Waals surface area contributed by atoms with E-state index in [9.17, 15) is 8.42 Å². The Balaban J connectivity index is 2.82. The first-order chi connectivity index (χ1) is 7.36. The molecule has 5 nitrogen and oxygen atoms in total. The van der Waals surface area contributed by atoms with Crippen molar-refractivity contribution in [1.29, 1.82) is 0 Å². The maximum absolute atomic E-state index is 11.8. The van der Waals surface area contributed by atoms with Crippen molar-refractivity contribution in [1.82, 2.24) is 4.72 Å². The molecule has 0 bridgehead atoms. The zero-order valence-corrected chi connectivity index (χ0v) is 11.7. The van der Waals surface area contributed by atoms with Gasteiger partial charge in [-0.1, -0.05) is 0 Å². The number of rotatable bonds is 5. The number of aliphatic hydroxyl groups is 2. The highest BCUT2D eigenvalue weighted by Crippen LogP contribution is 2.29. The third-order valence-electron chi connectivity index (χ3n) is 1.85. The van der Waals surface area contributed by atoms with E-state index in [0.717, 1.165) is 3.79 Å². The smallest absolute Gasteiger partial charge is 0.241 e. The summed E-state index contributed by atoms with van der Waals surface area (Å²) in [7, 11) is -3.62. The normalized spacial score (nSPS) is 14.0. The van der Waals surface area contributed by atoms with Crippen LogP contribution in [0.1, 0.15) is 4.88 Å². The number of aryl methyl sites for hydroxylation is 1. The minimum atomic E-state index is -3.62. The van der Waals surface area contributed by atoms with Gasteiger partial charge in [-0.25, -0.2) is 13.1 Å². The molecule has 0 aliphatic rings. The second-order valence-electron chi connectivity index (χ2n) is 3.16. The maximum atomic E-state index is 11.8. The summed E-state index contributed by atoms with van der Waals surface area (Å²) in [5.74, 6) is 0. The van der Waals surface area contributed by atoms with Crippen LogP contribution in [0, 0.1) is 6.92 Å². The lowest BCUT2D eigenvalue weighted by Gasteiger charge is -2.09. The van der Waals surface area contributed by atoms with Crippen molar-refractivity contribution < 1.29 is 18.6 Å². The van der Waals surface area contributed by atoms with Crippen LogP contribution in [0.2, 0.25) is 0 Å². The Bertz CT molecular complexity index is 457. The first-order valence-electron chi connectivity index (χ1n) is 4.41. The molecule has 1 aromatic rings. The quantitative estimate of drug-likeness (QED) is 0.732. The van der Waals surface area contributed by atoms with Crippen molar-refractivity contribution in [2.45, 2.75) is 17.9 Å². The molecule has 3 N–H and O–H groups in total. The Morgan fingerprint density at radius 3 is 2.69 bits per heavy atom. The molecule has 0 amide bonds. The lowest BCUT2D eigenvalue weighted by molar-refractivity contribution is 0.0988. The van der Waals surface area contributed by atoms with Crippen molar-refractivity contribution >= 4 is 37.3 Å². The topological polar surface area (TPSA) is 86.6 Å². The molecule has 0 aromatic carbocycles. The highest BCUT2D eigenvalue weighted by molar-refractivity contribution is 9.11. The number of aliphatic hydroxyl groups excluding tert-OH is 2. The molecule has 1 rings (SSSR count). The standard InChI is InChI=1S/C8H12BrNO4S2/c1-5-7(2-8(9)15-5)16(13,14)10-3-6(12)4-11/h2,6,10-12H,3-4H2,1H3. The summed E-state index contributed by atoms with van der Waals surface area (Å²) in [6, 6.07) is 1.51. The van der Waals surface area contributed by atoms with Crippen LogP contribution in [0.4, 0.5) is 0 Å². The first kappa shape index (κ1) is 14.1. The van der Waals surface area contributed by atoms with E-state index in [-0.39, 0.29) is 11.4 Å². The Labute approximate surface area is 106 Å². The van der Waals surface area contributed by atoms with Gasteiger partial charge < -0.3 is 10.2 Å². The molecule has 16 heavy (non-hydrogen) atoms. The summed E-state index contributed by atoms with van der Waals surface area (Å²) in [5.41, 5.74) is 0. The summed E-state index contributed by atoms with van der Waals surface area (Å²) in [6.45, 7) is 1.02. The fraction of sp³-hybridized carbons (Fsp3) is 0.500. The summed E-state index contributed by atoms with van der Waals surface area (Å²) in [6.07, 6.45) is -1.09. The average Bonchev–Trinajstić information content (AvgIpc) is 2.55. The van der Waals surface area contributed by atoms with E-state index in [0.29, 0.717) is 4.88 Å². The summed E-state index contributed by atoms with van der Waals surface area (Å²) < 4.78 is 26.5. The molecule has 1 atom stereocenters. The molecule has 8 heteroatoms. The van der Waals surface area contributed by atoms with Gasteiger partial charge >= 0.3 is 0 Å². The van der Waals surface area contributed by atoms with Gasteiger partial charge in [0.15, 0.2) is 0 Å². The number of sulfonamides is 1. The van der Waals surface area contributed by atoms with Crippen molar-refractivity contribution in [3.05, 3.63) is 14.7 Å². The summed E-state index contributed by atoms with van der Waals surface area (Å²) in [4.78, 5) is 0.854. The van der Waals surface area contributed by atoms with Crippen molar-refractivity contribution in [2.24, 2.45) is 0 Å². The van der Waals surface area contributed by atoms with E-state index in [2.05, 4.69) is 20.7 Å². The van der Waals surface area contributed by atoms with Crippen LogP contribution >= 0.6 is 27.3 Å². The maximum Gasteiger partial charge on any atom is 0.241 e. The second kappa shape index (κ2) is 5.56. The summed E-state index contributed by atoms with van der Waals surface area (Å²) >= 11 is 4.53. The molecule has 0 spiro atoms. The third-order valence-corrected chi connectivity index (χ3v) is 5.08. The average molecular weight is 330 g/mol. The van der Waals surface area contributed by atoms with Gasteiger partial charge in [-0.3, -0.25) is 0 Å². The van der Waals surface area contributed by atoms with Crippen LogP contribution in [0.15, 0.2) is 14.7 Å².